The Labute approximate surface area is 167 Å². The number of carbonyl (C=O) groups is 1. The molecule has 3 aromatic rings. The maximum Gasteiger partial charge on any atom is 0.245 e. The van der Waals surface area contributed by atoms with Gasteiger partial charge in [-0.25, -0.2) is 0 Å². The van der Waals surface area contributed by atoms with E-state index in [9.17, 15) is 4.79 Å². The summed E-state index contributed by atoms with van der Waals surface area (Å²) in [7, 11) is 1.67. The standard InChI is InChI=1S/C21H18ClN3O3/c1-3-21(26)24(2)9-10-27-20-12-16(22)6-7-19(20)28-18-5-4-8-25-14-15(13-23)11-17(18)25/h3-8,11-12,14H,1,9-10H2,2H3. The van der Waals surface area contributed by atoms with Gasteiger partial charge in [-0.3, -0.25) is 4.79 Å². The van der Waals surface area contributed by atoms with Gasteiger partial charge in [-0.05, 0) is 36.4 Å². The highest BCUT2D eigenvalue weighted by molar-refractivity contribution is 6.30. The summed E-state index contributed by atoms with van der Waals surface area (Å²) < 4.78 is 13.7. The van der Waals surface area contributed by atoms with Crippen LogP contribution in [0.2, 0.25) is 5.02 Å². The zero-order chi connectivity index (χ0) is 20.1. The van der Waals surface area contributed by atoms with Gasteiger partial charge < -0.3 is 18.8 Å². The van der Waals surface area contributed by atoms with E-state index in [1.54, 1.807) is 37.5 Å². The number of nitrogens with zero attached hydrogens (tertiary/aromatic N) is 3. The molecule has 3 rings (SSSR count). The van der Waals surface area contributed by atoms with E-state index in [-0.39, 0.29) is 12.5 Å². The summed E-state index contributed by atoms with van der Waals surface area (Å²) in [6.07, 6.45) is 4.82. The summed E-state index contributed by atoms with van der Waals surface area (Å²) in [5.41, 5.74) is 1.30. The Morgan fingerprint density at radius 2 is 2.14 bits per heavy atom. The van der Waals surface area contributed by atoms with Gasteiger partial charge >= 0.3 is 0 Å². The summed E-state index contributed by atoms with van der Waals surface area (Å²) >= 11 is 6.10. The Morgan fingerprint density at radius 1 is 1.32 bits per heavy atom. The number of nitriles is 1. The molecule has 0 N–H and O–H groups in total. The first kappa shape index (κ1) is 19.3. The van der Waals surface area contributed by atoms with Crippen molar-refractivity contribution in [1.82, 2.24) is 9.30 Å². The lowest BCUT2D eigenvalue weighted by Gasteiger charge is -2.17. The number of ether oxygens (including phenoxy) is 2. The summed E-state index contributed by atoms with van der Waals surface area (Å²) in [5.74, 6) is 1.34. The number of benzene rings is 1. The topological polar surface area (TPSA) is 67.0 Å². The molecule has 142 valence electrons. The molecule has 28 heavy (non-hydrogen) atoms. The first-order chi connectivity index (χ1) is 13.5. The van der Waals surface area contributed by atoms with Crippen molar-refractivity contribution in [3.63, 3.8) is 0 Å². The number of amides is 1. The van der Waals surface area contributed by atoms with Crippen LogP contribution < -0.4 is 9.47 Å². The lowest BCUT2D eigenvalue weighted by molar-refractivity contribution is -0.125. The molecule has 0 saturated carbocycles. The number of hydrogen-bond acceptors (Lipinski definition) is 4. The highest BCUT2D eigenvalue weighted by Gasteiger charge is 2.12. The molecule has 1 amide bonds. The van der Waals surface area contributed by atoms with Crippen molar-refractivity contribution >= 4 is 23.0 Å². The predicted octanol–water partition coefficient (Wildman–Crippen LogP) is 4.28. The van der Waals surface area contributed by atoms with Crippen LogP contribution in [0.4, 0.5) is 0 Å². The summed E-state index contributed by atoms with van der Waals surface area (Å²) in [6.45, 7) is 4.11. The summed E-state index contributed by atoms with van der Waals surface area (Å²) in [5, 5.41) is 9.62. The minimum absolute atomic E-state index is 0.181. The Hall–Kier alpha value is -3.43. The normalized spacial score (nSPS) is 10.3. The fraction of sp³-hybridized carbons (Fsp3) is 0.143. The van der Waals surface area contributed by atoms with Crippen molar-refractivity contribution in [2.24, 2.45) is 0 Å². The molecule has 2 heterocycles. The number of pyridine rings is 1. The van der Waals surface area contributed by atoms with Gasteiger partial charge in [0.05, 0.1) is 17.6 Å². The molecule has 0 atom stereocenters. The van der Waals surface area contributed by atoms with Crippen LogP contribution in [0.3, 0.4) is 0 Å². The Bertz CT molecular complexity index is 1070. The summed E-state index contributed by atoms with van der Waals surface area (Å²) in [6, 6.07) is 12.6. The molecule has 0 spiro atoms. The van der Waals surface area contributed by atoms with Gasteiger partial charge in [0.2, 0.25) is 5.91 Å². The third-order valence-corrected chi connectivity index (χ3v) is 4.32. The average molecular weight is 396 g/mol. The molecule has 0 aliphatic carbocycles. The lowest BCUT2D eigenvalue weighted by atomic mass is 10.3. The molecule has 6 nitrogen and oxygen atoms in total. The van der Waals surface area contributed by atoms with E-state index in [2.05, 4.69) is 12.6 Å². The van der Waals surface area contributed by atoms with E-state index in [1.165, 1.54) is 11.0 Å². The Balaban J connectivity index is 1.81. The van der Waals surface area contributed by atoms with Crippen LogP contribution in [0.5, 0.6) is 17.2 Å². The van der Waals surface area contributed by atoms with Gasteiger partial charge in [-0.1, -0.05) is 18.2 Å². The van der Waals surface area contributed by atoms with Crippen molar-refractivity contribution < 1.29 is 14.3 Å². The Kier molecular flexibility index (Phi) is 5.87. The van der Waals surface area contributed by atoms with E-state index in [4.69, 9.17) is 26.3 Å². The quantitative estimate of drug-likeness (QED) is 0.560. The molecule has 0 aliphatic heterocycles. The van der Waals surface area contributed by atoms with Gasteiger partial charge in [0.1, 0.15) is 12.7 Å². The average Bonchev–Trinajstić information content (AvgIpc) is 3.13. The van der Waals surface area contributed by atoms with E-state index in [1.807, 2.05) is 22.7 Å². The third kappa shape index (κ3) is 4.27. The van der Waals surface area contributed by atoms with Gasteiger partial charge in [0.15, 0.2) is 17.2 Å². The number of rotatable bonds is 7. The largest absolute Gasteiger partial charge is 0.488 e. The first-order valence-corrected chi connectivity index (χ1v) is 8.88. The zero-order valence-corrected chi connectivity index (χ0v) is 16.0. The van der Waals surface area contributed by atoms with Crippen LogP contribution >= 0.6 is 11.6 Å². The third-order valence-electron chi connectivity index (χ3n) is 4.09. The molecule has 0 radical (unpaired) electrons. The molecule has 0 fully saturated rings. The fourth-order valence-corrected chi connectivity index (χ4v) is 2.77. The van der Waals surface area contributed by atoms with Crippen molar-refractivity contribution in [3.8, 4) is 23.3 Å². The molecule has 0 unspecified atom stereocenters. The second kappa shape index (κ2) is 8.51. The number of halogens is 1. The van der Waals surface area contributed by atoms with Crippen LogP contribution in [-0.2, 0) is 4.79 Å². The monoisotopic (exact) mass is 395 g/mol. The maximum atomic E-state index is 11.5. The minimum Gasteiger partial charge on any atom is -0.488 e. The molecule has 2 aromatic heterocycles. The molecule has 7 heteroatoms. The first-order valence-electron chi connectivity index (χ1n) is 8.50. The van der Waals surface area contributed by atoms with Crippen molar-refractivity contribution in [1.29, 1.82) is 5.26 Å². The van der Waals surface area contributed by atoms with E-state index < -0.39 is 0 Å². The second-order valence-electron chi connectivity index (χ2n) is 6.01. The number of hydrogen-bond donors (Lipinski definition) is 0. The van der Waals surface area contributed by atoms with Crippen molar-refractivity contribution in [2.75, 3.05) is 20.2 Å². The SMILES string of the molecule is C=CC(=O)N(C)CCOc1cc(Cl)ccc1Oc1cccn2cc(C#N)cc12. The van der Waals surface area contributed by atoms with Crippen molar-refractivity contribution in [3.05, 3.63) is 72.0 Å². The fourth-order valence-electron chi connectivity index (χ4n) is 2.61. The Morgan fingerprint density at radius 3 is 2.89 bits per heavy atom. The van der Waals surface area contributed by atoms with Crippen LogP contribution in [0, 0.1) is 11.3 Å². The van der Waals surface area contributed by atoms with Gasteiger partial charge in [-0.2, -0.15) is 5.26 Å². The van der Waals surface area contributed by atoms with E-state index >= 15 is 0 Å². The molecule has 0 saturated heterocycles. The van der Waals surface area contributed by atoms with Crippen LogP contribution in [0.25, 0.3) is 5.52 Å². The molecule has 0 bridgehead atoms. The zero-order valence-electron chi connectivity index (χ0n) is 15.3. The highest BCUT2D eigenvalue weighted by atomic mass is 35.5. The van der Waals surface area contributed by atoms with Gasteiger partial charge in [-0.15, -0.1) is 0 Å². The second-order valence-corrected chi connectivity index (χ2v) is 6.45. The predicted molar refractivity (Wildman–Crippen MR) is 107 cm³/mol. The number of likely N-dealkylation sites (N-methyl/N-ethyl adjacent to an activating group) is 1. The van der Waals surface area contributed by atoms with Crippen LogP contribution in [-0.4, -0.2) is 35.4 Å². The van der Waals surface area contributed by atoms with Gasteiger partial charge in [0.25, 0.3) is 0 Å². The maximum absolute atomic E-state index is 11.5. The van der Waals surface area contributed by atoms with Crippen LogP contribution in [0.1, 0.15) is 5.56 Å². The van der Waals surface area contributed by atoms with E-state index in [0.29, 0.717) is 34.4 Å². The molecular weight excluding hydrogens is 378 g/mol. The molecule has 1 aromatic carbocycles. The van der Waals surface area contributed by atoms with Crippen molar-refractivity contribution in [2.45, 2.75) is 0 Å². The smallest absolute Gasteiger partial charge is 0.245 e. The molecule has 0 aliphatic rings. The number of carbonyl (C=O) groups excluding carboxylic acids is 1. The number of fused-ring (bicyclic) bond motifs is 1. The number of aromatic nitrogens is 1. The van der Waals surface area contributed by atoms with Gasteiger partial charge in [0, 0.05) is 30.5 Å². The lowest BCUT2D eigenvalue weighted by Crippen LogP contribution is -2.29. The minimum atomic E-state index is -0.181. The van der Waals surface area contributed by atoms with Crippen LogP contribution in [0.15, 0.2) is 61.4 Å². The summed E-state index contributed by atoms with van der Waals surface area (Å²) in [4.78, 5) is 13.1. The molecular formula is C21H18ClN3O3. The highest BCUT2D eigenvalue weighted by Crippen LogP contribution is 2.35. The van der Waals surface area contributed by atoms with E-state index in [0.717, 1.165) is 5.52 Å².